The molecule has 8 heteroatoms. The van der Waals surface area contributed by atoms with Crippen LogP contribution in [0.25, 0.3) is 11.1 Å². The summed E-state index contributed by atoms with van der Waals surface area (Å²) in [6.45, 7) is 0.464. The van der Waals surface area contributed by atoms with Crippen LogP contribution in [0.4, 0.5) is 0 Å². The van der Waals surface area contributed by atoms with E-state index in [2.05, 4.69) is 4.98 Å². The van der Waals surface area contributed by atoms with Gasteiger partial charge in [-0.1, -0.05) is 30.3 Å². The number of ether oxygens (including phenoxy) is 1. The minimum Gasteiger partial charge on any atom is -0.497 e. The van der Waals surface area contributed by atoms with Crippen molar-refractivity contribution in [3.63, 3.8) is 0 Å². The summed E-state index contributed by atoms with van der Waals surface area (Å²) in [5, 5.41) is 9.46. The molecule has 3 atom stereocenters. The van der Waals surface area contributed by atoms with Gasteiger partial charge in [-0.05, 0) is 60.4 Å². The summed E-state index contributed by atoms with van der Waals surface area (Å²) >= 11 is 0. The Morgan fingerprint density at radius 2 is 1.88 bits per heavy atom. The average Bonchev–Trinajstić information content (AvgIpc) is 2.88. The molecule has 1 amide bonds. The normalized spacial score (nSPS) is 19.8. The number of hydrogen-bond acceptors (Lipinski definition) is 5. The molecule has 1 aromatic heterocycles. The van der Waals surface area contributed by atoms with Crippen molar-refractivity contribution in [1.82, 2.24) is 14.8 Å². The summed E-state index contributed by atoms with van der Waals surface area (Å²) in [6, 6.07) is 19.9. The number of hydrogen-bond donors (Lipinski definition) is 2. The SMILES string of the molecule is COc1ccc(S(=O)N2CCC[C@H](c3cc(-c4ccccc4)ccn3)[C@@H]2C(=O)NO)cc1. The summed E-state index contributed by atoms with van der Waals surface area (Å²) in [6.07, 6.45) is 3.17. The first-order valence-electron chi connectivity index (χ1n) is 10.4. The number of rotatable bonds is 6. The van der Waals surface area contributed by atoms with Crippen LogP contribution in [0.1, 0.15) is 24.5 Å². The van der Waals surface area contributed by atoms with E-state index >= 15 is 0 Å². The zero-order valence-corrected chi connectivity index (χ0v) is 18.5. The molecule has 3 aromatic rings. The monoisotopic (exact) mass is 451 g/mol. The molecule has 1 aliphatic rings. The summed E-state index contributed by atoms with van der Waals surface area (Å²) in [5.74, 6) is -0.251. The average molecular weight is 452 g/mol. The van der Waals surface area contributed by atoms with Crippen LogP contribution in [0.3, 0.4) is 0 Å². The summed E-state index contributed by atoms with van der Waals surface area (Å²) in [5.41, 5.74) is 4.55. The molecule has 166 valence electrons. The first-order valence-corrected chi connectivity index (χ1v) is 11.5. The number of carbonyl (C=O) groups excluding carboxylic acids is 1. The maximum absolute atomic E-state index is 13.4. The number of piperidine rings is 1. The number of benzene rings is 2. The van der Waals surface area contributed by atoms with E-state index in [0.717, 1.165) is 23.2 Å². The Morgan fingerprint density at radius 1 is 1.12 bits per heavy atom. The van der Waals surface area contributed by atoms with Gasteiger partial charge in [0.1, 0.15) is 22.8 Å². The van der Waals surface area contributed by atoms with E-state index in [1.54, 1.807) is 47.4 Å². The molecule has 0 bridgehead atoms. The number of nitrogens with zero attached hydrogens (tertiary/aromatic N) is 2. The van der Waals surface area contributed by atoms with Gasteiger partial charge in [-0.2, -0.15) is 0 Å². The van der Waals surface area contributed by atoms with Crippen molar-refractivity contribution < 1.29 is 18.9 Å². The standard InChI is InChI=1S/C24H25N3O4S/c1-31-19-9-11-20(12-10-19)32(30)27-15-5-8-21(23(27)24(28)26-29)22-16-18(13-14-25-22)17-6-3-2-4-7-17/h2-4,6-7,9-14,16,21,23,29H,5,8,15H2,1H3,(H,26,28)/t21-,23-,32?/m1/s1. The summed E-state index contributed by atoms with van der Waals surface area (Å²) in [7, 11) is -0.0213. The molecular weight excluding hydrogens is 426 g/mol. The second kappa shape index (κ2) is 10.0. The molecule has 7 nitrogen and oxygen atoms in total. The summed E-state index contributed by atoms with van der Waals surface area (Å²) < 4.78 is 20.2. The van der Waals surface area contributed by atoms with Gasteiger partial charge in [-0.25, -0.2) is 14.0 Å². The molecular formula is C24H25N3O4S. The second-order valence-electron chi connectivity index (χ2n) is 7.57. The van der Waals surface area contributed by atoms with Gasteiger partial charge in [0.05, 0.1) is 12.0 Å². The molecule has 0 radical (unpaired) electrons. The Bertz CT molecular complexity index is 1090. The van der Waals surface area contributed by atoms with E-state index in [1.807, 2.05) is 42.5 Å². The molecule has 1 aliphatic heterocycles. The van der Waals surface area contributed by atoms with Gasteiger partial charge in [-0.3, -0.25) is 15.0 Å². The second-order valence-corrected chi connectivity index (χ2v) is 9.01. The smallest absolute Gasteiger partial charge is 0.262 e. The Labute approximate surface area is 189 Å². The van der Waals surface area contributed by atoms with E-state index in [-0.39, 0.29) is 5.92 Å². The molecule has 2 aromatic carbocycles. The number of carbonyl (C=O) groups is 1. The van der Waals surface area contributed by atoms with Crippen LogP contribution in [0.15, 0.2) is 77.8 Å². The molecule has 32 heavy (non-hydrogen) atoms. The lowest BCUT2D eigenvalue weighted by molar-refractivity contribution is -0.134. The fraction of sp³-hybridized carbons (Fsp3) is 0.250. The third-order valence-corrected chi connectivity index (χ3v) is 7.22. The Hall–Kier alpha value is -3.07. The maximum atomic E-state index is 13.4. The fourth-order valence-corrected chi connectivity index (χ4v) is 5.51. The Kier molecular flexibility index (Phi) is 6.94. The molecule has 1 fully saturated rings. The molecule has 0 aliphatic carbocycles. The highest BCUT2D eigenvalue weighted by molar-refractivity contribution is 7.82. The number of amides is 1. The van der Waals surface area contributed by atoms with Crippen LogP contribution in [-0.2, 0) is 15.8 Å². The van der Waals surface area contributed by atoms with Gasteiger partial charge in [0.15, 0.2) is 0 Å². The van der Waals surface area contributed by atoms with Crippen LogP contribution < -0.4 is 10.2 Å². The van der Waals surface area contributed by atoms with E-state index in [9.17, 15) is 14.2 Å². The lowest BCUT2D eigenvalue weighted by Gasteiger charge is -2.38. The van der Waals surface area contributed by atoms with Crippen LogP contribution >= 0.6 is 0 Å². The van der Waals surface area contributed by atoms with E-state index in [0.29, 0.717) is 23.6 Å². The van der Waals surface area contributed by atoms with Crippen LogP contribution in [0, 0.1) is 0 Å². The minimum absolute atomic E-state index is 0.318. The minimum atomic E-state index is -1.59. The first-order chi connectivity index (χ1) is 15.6. The molecule has 1 saturated heterocycles. The number of methoxy groups -OCH3 is 1. The topological polar surface area (TPSA) is 91.8 Å². The molecule has 0 spiro atoms. The highest BCUT2D eigenvalue weighted by Gasteiger charge is 2.41. The van der Waals surface area contributed by atoms with Crippen LogP contribution in [-0.4, -0.2) is 44.3 Å². The molecule has 4 rings (SSSR count). The van der Waals surface area contributed by atoms with Crippen molar-refractivity contribution in [1.29, 1.82) is 0 Å². The third-order valence-electron chi connectivity index (χ3n) is 5.71. The van der Waals surface area contributed by atoms with Crippen molar-refractivity contribution in [3.8, 4) is 16.9 Å². The number of nitrogens with one attached hydrogen (secondary N) is 1. The molecule has 2 N–H and O–H groups in total. The van der Waals surface area contributed by atoms with Gasteiger partial charge >= 0.3 is 0 Å². The number of hydroxylamine groups is 1. The van der Waals surface area contributed by atoms with Gasteiger partial charge in [0.25, 0.3) is 5.91 Å². The van der Waals surface area contributed by atoms with Gasteiger partial charge in [0.2, 0.25) is 0 Å². The predicted octanol–water partition coefficient (Wildman–Crippen LogP) is 3.53. The first kappa shape index (κ1) is 22.1. The van der Waals surface area contributed by atoms with Crippen LogP contribution in [0.5, 0.6) is 5.75 Å². The number of aromatic nitrogens is 1. The highest BCUT2D eigenvalue weighted by atomic mass is 32.2. The zero-order chi connectivity index (χ0) is 22.5. The van der Waals surface area contributed by atoms with Crippen LogP contribution in [0.2, 0.25) is 0 Å². The van der Waals surface area contributed by atoms with Crippen molar-refractivity contribution in [3.05, 3.63) is 78.6 Å². The van der Waals surface area contributed by atoms with E-state index in [4.69, 9.17) is 4.74 Å². The number of pyridine rings is 1. The molecule has 0 saturated carbocycles. The lowest BCUT2D eigenvalue weighted by atomic mass is 9.86. The quantitative estimate of drug-likeness (QED) is 0.442. The fourth-order valence-electron chi connectivity index (χ4n) is 4.13. The van der Waals surface area contributed by atoms with Gasteiger partial charge < -0.3 is 4.74 Å². The molecule has 1 unspecified atom stereocenters. The van der Waals surface area contributed by atoms with Crippen molar-refractivity contribution in [2.45, 2.75) is 29.7 Å². The largest absolute Gasteiger partial charge is 0.497 e. The highest BCUT2D eigenvalue weighted by Crippen LogP contribution is 2.35. The van der Waals surface area contributed by atoms with E-state index < -0.39 is 22.9 Å². The predicted molar refractivity (Wildman–Crippen MR) is 121 cm³/mol. The summed E-state index contributed by atoms with van der Waals surface area (Å²) in [4.78, 5) is 17.9. The Morgan fingerprint density at radius 3 is 2.56 bits per heavy atom. The van der Waals surface area contributed by atoms with Crippen molar-refractivity contribution in [2.75, 3.05) is 13.7 Å². The van der Waals surface area contributed by atoms with E-state index in [1.165, 1.54) is 0 Å². The van der Waals surface area contributed by atoms with Crippen molar-refractivity contribution >= 4 is 16.9 Å². The Balaban J connectivity index is 1.68. The zero-order valence-electron chi connectivity index (χ0n) is 17.7. The van der Waals surface area contributed by atoms with Gasteiger partial charge in [-0.15, -0.1) is 0 Å². The third kappa shape index (κ3) is 4.57. The van der Waals surface area contributed by atoms with Crippen molar-refractivity contribution in [2.24, 2.45) is 0 Å². The maximum Gasteiger partial charge on any atom is 0.262 e. The lowest BCUT2D eigenvalue weighted by Crippen LogP contribution is -2.53. The van der Waals surface area contributed by atoms with Gasteiger partial charge in [0, 0.05) is 24.4 Å². The molecule has 2 heterocycles.